The van der Waals surface area contributed by atoms with Gasteiger partial charge < -0.3 is 10.1 Å². The lowest BCUT2D eigenvalue weighted by Gasteiger charge is -2.13. The van der Waals surface area contributed by atoms with E-state index in [1.165, 1.54) is 0 Å². The van der Waals surface area contributed by atoms with E-state index in [2.05, 4.69) is 11.2 Å². The molecule has 0 fully saturated rings. The first-order chi connectivity index (χ1) is 8.27. The highest BCUT2D eigenvalue weighted by Gasteiger charge is 2.04. The van der Waals surface area contributed by atoms with Crippen molar-refractivity contribution in [1.82, 2.24) is 5.32 Å². The van der Waals surface area contributed by atoms with Gasteiger partial charge in [-0.1, -0.05) is 18.2 Å². The van der Waals surface area contributed by atoms with Crippen molar-refractivity contribution in [2.75, 3.05) is 6.61 Å². The molecule has 17 heavy (non-hydrogen) atoms. The summed E-state index contributed by atoms with van der Waals surface area (Å²) in [5.74, 6) is 3.36. The van der Waals surface area contributed by atoms with E-state index in [-0.39, 0.29) is 12.6 Å². The van der Waals surface area contributed by atoms with Crippen molar-refractivity contribution in [3.63, 3.8) is 0 Å². The number of nitrogens with zero attached hydrogens (tertiary/aromatic N) is 1. The highest BCUT2D eigenvalue weighted by atomic mass is 16.5. The molecule has 0 amide bonds. The first kappa shape index (κ1) is 13.1. The molecule has 1 aromatic rings. The Morgan fingerprint density at radius 3 is 2.94 bits per heavy atom. The van der Waals surface area contributed by atoms with Crippen LogP contribution in [0, 0.1) is 23.7 Å². The van der Waals surface area contributed by atoms with Gasteiger partial charge in [0, 0.05) is 24.6 Å². The minimum atomic E-state index is 0.0664. The van der Waals surface area contributed by atoms with E-state index < -0.39 is 0 Å². The second kappa shape index (κ2) is 7.33. The lowest BCUT2D eigenvalue weighted by Crippen LogP contribution is -2.25. The smallest absolute Gasteiger partial charge is 0.174 e. The van der Waals surface area contributed by atoms with Gasteiger partial charge in [-0.15, -0.1) is 12.3 Å². The summed E-state index contributed by atoms with van der Waals surface area (Å²) in [6.07, 6.45) is 5.94. The number of nitriles is 1. The lowest BCUT2D eigenvalue weighted by molar-refractivity contribution is 0.361. The minimum absolute atomic E-state index is 0.0664. The Morgan fingerprint density at radius 2 is 2.24 bits per heavy atom. The maximum absolute atomic E-state index is 8.49. The van der Waals surface area contributed by atoms with E-state index in [4.69, 9.17) is 16.4 Å². The molecule has 88 valence electrons. The second-order valence-corrected chi connectivity index (χ2v) is 3.74. The Balaban J connectivity index is 2.58. The molecule has 0 heterocycles. The topological polar surface area (TPSA) is 45.0 Å². The van der Waals surface area contributed by atoms with Crippen LogP contribution >= 0.6 is 0 Å². The van der Waals surface area contributed by atoms with Crippen LogP contribution in [-0.4, -0.2) is 12.6 Å². The minimum Gasteiger partial charge on any atom is -0.478 e. The fourth-order valence-corrected chi connectivity index (χ4v) is 1.43. The summed E-state index contributed by atoms with van der Waals surface area (Å²) < 4.78 is 5.34. The summed E-state index contributed by atoms with van der Waals surface area (Å²) >= 11 is 0. The van der Waals surface area contributed by atoms with Gasteiger partial charge in [0.15, 0.2) is 6.61 Å². The van der Waals surface area contributed by atoms with E-state index >= 15 is 0 Å². The third-order valence-corrected chi connectivity index (χ3v) is 2.33. The number of terminal acetylenes is 1. The van der Waals surface area contributed by atoms with Crippen molar-refractivity contribution in [2.45, 2.75) is 25.9 Å². The predicted octanol–water partition coefficient (Wildman–Crippen LogP) is 2.09. The van der Waals surface area contributed by atoms with Crippen molar-refractivity contribution in [2.24, 2.45) is 0 Å². The molecule has 0 aliphatic heterocycles. The van der Waals surface area contributed by atoms with Gasteiger partial charge in [-0.3, -0.25) is 0 Å². The van der Waals surface area contributed by atoms with Gasteiger partial charge in [0.1, 0.15) is 11.8 Å². The van der Waals surface area contributed by atoms with Crippen LogP contribution in [0.2, 0.25) is 0 Å². The van der Waals surface area contributed by atoms with Crippen LogP contribution in [0.25, 0.3) is 0 Å². The summed E-state index contributed by atoms with van der Waals surface area (Å²) in [4.78, 5) is 0. The average molecular weight is 228 g/mol. The van der Waals surface area contributed by atoms with Crippen molar-refractivity contribution >= 4 is 0 Å². The van der Waals surface area contributed by atoms with E-state index in [0.717, 1.165) is 11.3 Å². The average Bonchev–Trinajstić information content (AvgIpc) is 2.35. The lowest BCUT2D eigenvalue weighted by atomic mass is 10.1. The number of hydrogen-bond donors (Lipinski definition) is 1. The summed E-state index contributed by atoms with van der Waals surface area (Å²) in [5.41, 5.74) is 1.03. The molecule has 0 aliphatic carbocycles. The first-order valence-corrected chi connectivity index (χ1v) is 5.52. The van der Waals surface area contributed by atoms with Crippen molar-refractivity contribution in [3.05, 3.63) is 29.8 Å². The third-order valence-electron chi connectivity index (χ3n) is 2.33. The standard InChI is InChI=1S/C14H16N2O/c1-3-6-12(2)16-11-13-7-4-5-8-14(13)17-10-9-15/h1,4-5,7-8,12,16H,6,10-11H2,2H3. The molecule has 0 aromatic heterocycles. The third kappa shape index (κ3) is 4.59. The molecule has 0 aliphatic rings. The number of ether oxygens (including phenoxy) is 1. The molecular weight excluding hydrogens is 212 g/mol. The van der Waals surface area contributed by atoms with Gasteiger partial charge in [0.05, 0.1) is 0 Å². The van der Waals surface area contributed by atoms with E-state index in [1.54, 1.807) is 0 Å². The Bertz CT molecular complexity index is 429. The zero-order valence-corrected chi connectivity index (χ0v) is 9.94. The molecule has 1 N–H and O–H groups in total. The molecule has 0 bridgehead atoms. The van der Waals surface area contributed by atoms with Crippen LogP contribution in [0.5, 0.6) is 5.75 Å². The molecule has 1 rings (SSSR count). The number of benzene rings is 1. The number of para-hydroxylation sites is 1. The summed E-state index contributed by atoms with van der Waals surface area (Å²) in [6, 6.07) is 9.90. The largest absolute Gasteiger partial charge is 0.478 e. The van der Waals surface area contributed by atoms with Crippen LogP contribution < -0.4 is 10.1 Å². The fourth-order valence-electron chi connectivity index (χ4n) is 1.43. The van der Waals surface area contributed by atoms with Crippen molar-refractivity contribution in [3.8, 4) is 24.2 Å². The Hall–Kier alpha value is -1.97. The monoisotopic (exact) mass is 228 g/mol. The SMILES string of the molecule is C#CCC(C)NCc1ccccc1OCC#N. The zero-order valence-electron chi connectivity index (χ0n) is 9.94. The van der Waals surface area contributed by atoms with E-state index in [0.29, 0.717) is 13.0 Å². The molecule has 0 saturated heterocycles. The molecule has 1 unspecified atom stereocenters. The van der Waals surface area contributed by atoms with E-state index in [1.807, 2.05) is 37.3 Å². The summed E-state index contributed by atoms with van der Waals surface area (Å²) in [5, 5.41) is 11.8. The molecular formula is C14H16N2O. The van der Waals surface area contributed by atoms with Gasteiger partial charge in [0.2, 0.25) is 0 Å². The molecule has 1 aromatic carbocycles. The van der Waals surface area contributed by atoms with Crippen LogP contribution in [0.4, 0.5) is 0 Å². The fraction of sp³-hybridized carbons (Fsp3) is 0.357. The van der Waals surface area contributed by atoms with Gasteiger partial charge in [0.25, 0.3) is 0 Å². The Kier molecular flexibility index (Phi) is 5.64. The molecule has 3 nitrogen and oxygen atoms in total. The van der Waals surface area contributed by atoms with Crippen LogP contribution in [0.1, 0.15) is 18.9 Å². The van der Waals surface area contributed by atoms with Gasteiger partial charge >= 0.3 is 0 Å². The Labute approximate surface area is 102 Å². The number of nitrogens with one attached hydrogen (secondary N) is 1. The summed E-state index contributed by atoms with van der Waals surface area (Å²) in [6.45, 7) is 2.79. The molecule has 0 spiro atoms. The number of hydrogen-bond acceptors (Lipinski definition) is 3. The van der Waals surface area contributed by atoms with Crippen LogP contribution in [0.3, 0.4) is 0 Å². The maximum Gasteiger partial charge on any atom is 0.174 e. The normalized spacial score (nSPS) is 11.2. The van der Waals surface area contributed by atoms with E-state index in [9.17, 15) is 0 Å². The van der Waals surface area contributed by atoms with Crippen molar-refractivity contribution < 1.29 is 4.74 Å². The van der Waals surface area contributed by atoms with Gasteiger partial charge in [-0.25, -0.2) is 0 Å². The highest BCUT2D eigenvalue weighted by Crippen LogP contribution is 2.17. The van der Waals surface area contributed by atoms with Crippen LogP contribution in [0.15, 0.2) is 24.3 Å². The van der Waals surface area contributed by atoms with Gasteiger partial charge in [-0.05, 0) is 13.0 Å². The maximum atomic E-state index is 8.49. The predicted molar refractivity (Wildman–Crippen MR) is 67.3 cm³/mol. The molecule has 1 atom stereocenters. The Morgan fingerprint density at radius 1 is 1.47 bits per heavy atom. The summed E-state index contributed by atoms with van der Waals surface area (Å²) in [7, 11) is 0. The number of rotatable bonds is 6. The van der Waals surface area contributed by atoms with Crippen molar-refractivity contribution in [1.29, 1.82) is 5.26 Å². The quantitative estimate of drug-likeness (QED) is 0.758. The second-order valence-electron chi connectivity index (χ2n) is 3.74. The zero-order chi connectivity index (χ0) is 12.5. The highest BCUT2D eigenvalue weighted by molar-refractivity contribution is 5.33. The molecule has 3 heteroatoms. The van der Waals surface area contributed by atoms with Crippen LogP contribution in [-0.2, 0) is 6.54 Å². The first-order valence-electron chi connectivity index (χ1n) is 5.52. The molecule has 0 radical (unpaired) electrons. The van der Waals surface area contributed by atoms with Gasteiger partial charge in [-0.2, -0.15) is 5.26 Å². The molecule has 0 saturated carbocycles.